The first-order valence-electron chi connectivity index (χ1n) is 6.38. The summed E-state index contributed by atoms with van der Waals surface area (Å²) in [5, 5.41) is 0. The van der Waals surface area contributed by atoms with Crippen LogP contribution in [-0.2, 0) is 11.2 Å². The van der Waals surface area contributed by atoms with Gasteiger partial charge in [-0.15, -0.1) is 0 Å². The Balaban J connectivity index is 3.09. The van der Waals surface area contributed by atoms with E-state index in [1.807, 2.05) is 11.9 Å². The number of likely N-dealkylation sites (N-methyl/N-ethyl adjacent to an activating group) is 1. The van der Waals surface area contributed by atoms with Gasteiger partial charge in [-0.3, -0.25) is 4.90 Å². The highest BCUT2D eigenvalue weighted by atomic mass is 79.9. The van der Waals surface area contributed by atoms with Crippen LogP contribution >= 0.6 is 15.9 Å². The summed E-state index contributed by atoms with van der Waals surface area (Å²) >= 11 is 3.66. The van der Waals surface area contributed by atoms with Crippen LogP contribution in [-0.4, -0.2) is 38.4 Å². The molecule has 0 unspecified atom stereocenters. The number of methoxy groups -OCH3 is 1. The van der Waals surface area contributed by atoms with Crippen molar-refractivity contribution in [3.63, 3.8) is 0 Å². The van der Waals surface area contributed by atoms with Gasteiger partial charge in [0.1, 0.15) is 12.0 Å². The van der Waals surface area contributed by atoms with Crippen molar-refractivity contribution in [3.8, 4) is 5.75 Å². The van der Waals surface area contributed by atoms with Gasteiger partial charge in [0.15, 0.2) is 0 Å². The fraction of sp³-hybridized carbons (Fsp3) is 0.533. The number of nitrogens with zero attached hydrogens (tertiary/aromatic N) is 1. The van der Waals surface area contributed by atoms with Crippen LogP contribution in [0.3, 0.4) is 0 Å². The van der Waals surface area contributed by atoms with Crippen molar-refractivity contribution in [2.75, 3.05) is 27.2 Å². The molecule has 0 atom stereocenters. The molecule has 0 heterocycles. The molecule has 1 rings (SSSR count). The van der Waals surface area contributed by atoms with Gasteiger partial charge in [-0.1, -0.05) is 15.9 Å². The lowest BCUT2D eigenvalue weighted by Gasteiger charge is -2.20. The van der Waals surface area contributed by atoms with E-state index < -0.39 is 0 Å². The standard InChI is InChI=1S/C15H22BrNO2/c1-10-11(2)15(19-5)13(12(3)14(10)16)6-7-17(4)8-9-18/h9H,6-8H2,1-5H3. The first kappa shape index (κ1) is 16.2. The Labute approximate surface area is 124 Å². The van der Waals surface area contributed by atoms with Gasteiger partial charge in [0.2, 0.25) is 0 Å². The molecular formula is C15H22BrNO2. The number of aldehydes is 1. The predicted octanol–water partition coefficient (Wildman–Crippen LogP) is 3.06. The van der Waals surface area contributed by atoms with Gasteiger partial charge >= 0.3 is 0 Å². The van der Waals surface area contributed by atoms with Crippen molar-refractivity contribution >= 4 is 22.2 Å². The molecule has 1 aromatic rings. The first-order chi connectivity index (χ1) is 8.93. The molecule has 106 valence electrons. The van der Waals surface area contributed by atoms with Crippen LogP contribution in [0.15, 0.2) is 4.47 Å². The zero-order chi connectivity index (χ0) is 14.6. The minimum absolute atomic E-state index is 0.466. The smallest absolute Gasteiger partial charge is 0.133 e. The second-order valence-electron chi connectivity index (χ2n) is 4.88. The van der Waals surface area contributed by atoms with Crippen LogP contribution in [0.25, 0.3) is 0 Å². The molecule has 0 aliphatic carbocycles. The highest BCUT2D eigenvalue weighted by Crippen LogP contribution is 2.36. The van der Waals surface area contributed by atoms with E-state index >= 15 is 0 Å². The fourth-order valence-corrected chi connectivity index (χ4v) is 2.78. The molecule has 0 aromatic heterocycles. The van der Waals surface area contributed by atoms with E-state index in [0.29, 0.717) is 6.54 Å². The Bertz CT molecular complexity index is 472. The van der Waals surface area contributed by atoms with Gasteiger partial charge in [-0.25, -0.2) is 0 Å². The fourth-order valence-electron chi connectivity index (χ4n) is 2.24. The van der Waals surface area contributed by atoms with Crippen molar-refractivity contribution in [2.45, 2.75) is 27.2 Å². The monoisotopic (exact) mass is 327 g/mol. The highest BCUT2D eigenvalue weighted by molar-refractivity contribution is 9.10. The third kappa shape index (κ3) is 3.57. The Morgan fingerprint density at radius 3 is 2.37 bits per heavy atom. The second-order valence-corrected chi connectivity index (χ2v) is 5.67. The van der Waals surface area contributed by atoms with E-state index in [4.69, 9.17) is 4.74 Å². The molecule has 0 aliphatic heterocycles. The SMILES string of the molecule is COc1c(C)c(C)c(Br)c(C)c1CCN(C)CC=O. The van der Waals surface area contributed by atoms with Crippen molar-refractivity contribution in [3.05, 3.63) is 26.7 Å². The summed E-state index contributed by atoms with van der Waals surface area (Å²) in [6.07, 6.45) is 1.81. The quantitative estimate of drug-likeness (QED) is 0.752. The van der Waals surface area contributed by atoms with Crippen molar-refractivity contribution in [1.29, 1.82) is 0 Å². The molecule has 0 amide bonds. The average Bonchev–Trinajstić information content (AvgIpc) is 2.39. The molecule has 0 aliphatic rings. The van der Waals surface area contributed by atoms with Crippen molar-refractivity contribution in [2.24, 2.45) is 0 Å². The van der Waals surface area contributed by atoms with Crippen LogP contribution in [0.1, 0.15) is 22.3 Å². The number of hydrogen-bond acceptors (Lipinski definition) is 3. The summed E-state index contributed by atoms with van der Waals surface area (Å²) < 4.78 is 6.73. The Hall–Kier alpha value is -0.870. The molecule has 3 nitrogen and oxygen atoms in total. The van der Waals surface area contributed by atoms with Crippen LogP contribution in [0.2, 0.25) is 0 Å². The topological polar surface area (TPSA) is 29.5 Å². The maximum absolute atomic E-state index is 10.5. The van der Waals surface area contributed by atoms with E-state index in [9.17, 15) is 4.79 Å². The van der Waals surface area contributed by atoms with Crippen molar-refractivity contribution < 1.29 is 9.53 Å². The number of hydrogen-bond donors (Lipinski definition) is 0. The predicted molar refractivity (Wildman–Crippen MR) is 82.2 cm³/mol. The molecule has 4 heteroatoms. The lowest BCUT2D eigenvalue weighted by Crippen LogP contribution is -2.23. The van der Waals surface area contributed by atoms with Gasteiger partial charge < -0.3 is 9.53 Å². The van der Waals surface area contributed by atoms with Crippen LogP contribution < -0.4 is 4.74 Å². The van der Waals surface area contributed by atoms with Gasteiger partial charge in [-0.05, 0) is 56.5 Å². The minimum Gasteiger partial charge on any atom is -0.496 e. The lowest BCUT2D eigenvalue weighted by atomic mass is 9.96. The summed E-state index contributed by atoms with van der Waals surface area (Å²) in [4.78, 5) is 12.5. The maximum atomic E-state index is 10.5. The molecular weight excluding hydrogens is 306 g/mol. The van der Waals surface area contributed by atoms with E-state index in [-0.39, 0.29) is 0 Å². The lowest BCUT2D eigenvalue weighted by molar-refractivity contribution is -0.108. The number of carbonyl (C=O) groups is 1. The second kappa shape index (κ2) is 7.06. The van der Waals surface area contributed by atoms with Gasteiger partial charge in [0.25, 0.3) is 0 Å². The number of halogens is 1. The summed E-state index contributed by atoms with van der Waals surface area (Å²) in [6, 6.07) is 0. The highest BCUT2D eigenvalue weighted by Gasteiger charge is 2.16. The molecule has 0 saturated heterocycles. The molecule has 0 spiro atoms. The Morgan fingerprint density at radius 2 is 1.84 bits per heavy atom. The molecule has 1 aromatic carbocycles. The molecule has 0 fully saturated rings. The third-order valence-electron chi connectivity index (χ3n) is 3.62. The average molecular weight is 328 g/mol. The van der Waals surface area contributed by atoms with E-state index in [2.05, 4.69) is 36.7 Å². The van der Waals surface area contributed by atoms with Gasteiger partial charge in [0.05, 0.1) is 13.7 Å². The maximum Gasteiger partial charge on any atom is 0.133 e. The third-order valence-corrected chi connectivity index (χ3v) is 4.81. The van der Waals surface area contributed by atoms with E-state index in [1.165, 1.54) is 22.3 Å². The molecule has 19 heavy (non-hydrogen) atoms. The minimum atomic E-state index is 0.466. The van der Waals surface area contributed by atoms with Crippen LogP contribution in [0.5, 0.6) is 5.75 Å². The normalized spacial score (nSPS) is 10.9. The van der Waals surface area contributed by atoms with Gasteiger partial charge in [-0.2, -0.15) is 0 Å². The van der Waals surface area contributed by atoms with E-state index in [0.717, 1.165) is 29.5 Å². The zero-order valence-corrected chi connectivity index (χ0v) is 13.9. The largest absolute Gasteiger partial charge is 0.496 e. The molecule has 0 saturated carbocycles. The molecule has 0 bridgehead atoms. The summed E-state index contributed by atoms with van der Waals surface area (Å²) in [6.45, 7) is 7.58. The van der Waals surface area contributed by atoms with Gasteiger partial charge in [0, 0.05) is 11.0 Å². The number of benzene rings is 1. The summed E-state index contributed by atoms with van der Waals surface area (Å²) in [7, 11) is 3.67. The number of rotatable bonds is 6. The number of ether oxygens (including phenoxy) is 1. The Morgan fingerprint density at radius 1 is 1.21 bits per heavy atom. The summed E-state index contributed by atoms with van der Waals surface area (Å²) in [5.41, 5.74) is 4.84. The first-order valence-corrected chi connectivity index (χ1v) is 7.17. The van der Waals surface area contributed by atoms with Crippen molar-refractivity contribution in [1.82, 2.24) is 4.90 Å². The zero-order valence-electron chi connectivity index (χ0n) is 12.3. The molecule has 0 N–H and O–H groups in total. The summed E-state index contributed by atoms with van der Waals surface area (Å²) in [5.74, 6) is 0.970. The van der Waals surface area contributed by atoms with E-state index in [1.54, 1.807) is 7.11 Å². The number of carbonyl (C=O) groups excluding carboxylic acids is 1. The van der Waals surface area contributed by atoms with Crippen LogP contribution in [0.4, 0.5) is 0 Å². The van der Waals surface area contributed by atoms with Crippen LogP contribution in [0, 0.1) is 20.8 Å². The Kier molecular flexibility index (Phi) is 6.01. The molecule has 0 radical (unpaired) electrons.